The lowest BCUT2D eigenvalue weighted by Crippen LogP contribution is -2.45. The first-order chi connectivity index (χ1) is 13.6. The number of benzene rings is 2. The summed E-state index contributed by atoms with van der Waals surface area (Å²) in [6, 6.07) is 10.2. The second-order valence-electron chi connectivity index (χ2n) is 6.77. The fourth-order valence-corrected chi connectivity index (χ4v) is 4.64. The van der Waals surface area contributed by atoms with Crippen LogP contribution >= 0.6 is 11.6 Å². The van der Waals surface area contributed by atoms with Crippen LogP contribution in [0.2, 0.25) is 5.02 Å². The summed E-state index contributed by atoms with van der Waals surface area (Å²) in [5, 5.41) is 9.34. The molecular weight excluding hydrogens is 416 g/mol. The van der Waals surface area contributed by atoms with Gasteiger partial charge in [0.1, 0.15) is 0 Å². The Balaban J connectivity index is 1.98. The van der Waals surface area contributed by atoms with Crippen LogP contribution in [0.15, 0.2) is 54.2 Å². The highest BCUT2D eigenvalue weighted by Crippen LogP contribution is 2.34. The minimum absolute atomic E-state index is 0.0552. The van der Waals surface area contributed by atoms with Gasteiger partial charge in [-0.1, -0.05) is 35.9 Å². The number of hydrogen-bond donors (Lipinski definition) is 2. The number of hydrogen-bond acceptors (Lipinski definition) is 4. The average molecular weight is 435 g/mol. The van der Waals surface area contributed by atoms with Crippen LogP contribution in [0.4, 0.5) is 0 Å². The van der Waals surface area contributed by atoms with Crippen LogP contribution in [-0.4, -0.2) is 29.6 Å². The Hall–Kier alpha value is -2.68. The number of rotatable bonds is 5. The van der Waals surface area contributed by atoms with Gasteiger partial charge in [0.25, 0.3) is 0 Å². The molecule has 7 nitrogen and oxygen atoms in total. The molecule has 0 saturated heterocycles. The smallest absolute Gasteiger partial charge is 0.335 e. The van der Waals surface area contributed by atoms with E-state index in [1.54, 1.807) is 18.2 Å². The predicted molar refractivity (Wildman–Crippen MR) is 109 cm³/mol. The number of aryl methyl sites for hydroxylation is 1. The first kappa shape index (κ1) is 21.0. The van der Waals surface area contributed by atoms with Crippen molar-refractivity contribution in [2.24, 2.45) is 0 Å². The van der Waals surface area contributed by atoms with E-state index in [4.69, 9.17) is 16.7 Å². The lowest BCUT2D eigenvalue weighted by molar-refractivity contribution is -0.114. The van der Waals surface area contributed by atoms with Crippen molar-refractivity contribution in [3.8, 4) is 0 Å². The highest BCUT2D eigenvalue weighted by Gasteiger charge is 2.35. The van der Waals surface area contributed by atoms with Gasteiger partial charge in [-0.05, 0) is 48.7 Å². The van der Waals surface area contributed by atoms with Gasteiger partial charge < -0.3 is 5.11 Å². The molecule has 0 bridgehead atoms. The van der Waals surface area contributed by atoms with Crippen LogP contribution < -0.4 is 4.72 Å². The molecule has 152 valence electrons. The molecule has 2 N–H and O–H groups in total. The molecule has 1 heterocycles. The predicted octanol–water partition coefficient (Wildman–Crippen LogP) is 3.21. The molecule has 1 atom stereocenters. The Kier molecular flexibility index (Phi) is 5.79. The SMILES string of the molecule is CC(=O)C1=CN(Cc2ccc(C(=O)O)cc2)S(=O)(=O)NC1c1ccc(C)cc1Cl. The summed E-state index contributed by atoms with van der Waals surface area (Å²) < 4.78 is 29.2. The summed E-state index contributed by atoms with van der Waals surface area (Å²) >= 11 is 6.30. The number of nitrogens with zero attached hydrogens (tertiary/aromatic N) is 1. The first-order valence-electron chi connectivity index (χ1n) is 8.68. The van der Waals surface area contributed by atoms with Crippen LogP contribution in [0.3, 0.4) is 0 Å². The Bertz CT molecular complexity index is 1110. The van der Waals surface area contributed by atoms with Crippen molar-refractivity contribution in [1.82, 2.24) is 9.03 Å². The van der Waals surface area contributed by atoms with Crippen molar-refractivity contribution in [2.45, 2.75) is 26.4 Å². The number of ketones is 1. The van der Waals surface area contributed by atoms with E-state index in [9.17, 15) is 18.0 Å². The molecule has 29 heavy (non-hydrogen) atoms. The molecule has 2 aromatic carbocycles. The van der Waals surface area contributed by atoms with Crippen LogP contribution in [0, 0.1) is 6.92 Å². The molecule has 0 saturated carbocycles. The number of nitrogens with one attached hydrogen (secondary N) is 1. The number of aromatic carboxylic acids is 1. The normalized spacial score (nSPS) is 18.2. The van der Waals surface area contributed by atoms with Crippen LogP contribution in [0.1, 0.15) is 40.0 Å². The number of carbonyl (C=O) groups is 2. The molecule has 0 spiro atoms. The molecular formula is C20H19ClN2O5S. The quantitative estimate of drug-likeness (QED) is 0.752. The van der Waals surface area contributed by atoms with Gasteiger partial charge in [-0.2, -0.15) is 13.1 Å². The van der Waals surface area contributed by atoms with Gasteiger partial charge in [-0.15, -0.1) is 0 Å². The molecule has 1 unspecified atom stereocenters. The third-order valence-corrected chi connectivity index (χ3v) is 6.30. The maximum absolute atomic E-state index is 12.8. The molecule has 1 aliphatic rings. The Morgan fingerprint density at radius 2 is 1.83 bits per heavy atom. The van der Waals surface area contributed by atoms with Gasteiger partial charge in [0.2, 0.25) is 0 Å². The number of carboxylic acid groups (broad SMARTS) is 1. The second-order valence-corrected chi connectivity index (χ2v) is 8.83. The van der Waals surface area contributed by atoms with Crippen LogP contribution in [0.25, 0.3) is 0 Å². The van der Waals surface area contributed by atoms with Gasteiger partial charge in [0.05, 0.1) is 18.2 Å². The summed E-state index contributed by atoms with van der Waals surface area (Å²) in [7, 11) is -3.96. The minimum atomic E-state index is -3.96. The van der Waals surface area contributed by atoms with Crippen molar-refractivity contribution in [3.63, 3.8) is 0 Å². The largest absolute Gasteiger partial charge is 0.478 e. The van der Waals surface area contributed by atoms with E-state index in [0.717, 1.165) is 9.87 Å². The highest BCUT2D eigenvalue weighted by atomic mass is 35.5. The van der Waals surface area contributed by atoms with Crippen molar-refractivity contribution < 1.29 is 23.1 Å². The minimum Gasteiger partial charge on any atom is -0.478 e. The van der Waals surface area contributed by atoms with Gasteiger partial charge in [-0.3, -0.25) is 9.10 Å². The number of halogens is 1. The summed E-state index contributed by atoms with van der Waals surface area (Å²) in [4.78, 5) is 23.2. The molecule has 9 heteroatoms. The molecule has 3 rings (SSSR count). The maximum Gasteiger partial charge on any atom is 0.335 e. The van der Waals surface area contributed by atoms with Crippen LogP contribution in [0.5, 0.6) is 0 Å². The van der Waals surface area contributed by atoms with Gasteiger partial charge >= 0.3 is 16.2 Å². The Labute approximate surface area is 173 Å². The molecule has 0 amide bonds. The van der Waals surface area contributed by atoms with Gasteiger partial charge in [0.15, 0.2) is 5.78 Å². The summed E-state index contributed by atoms with van der Waals surface area (Å²) in [5.74, 6) is -1.36. The second kappa shape index (κ2) is 7.98. The summed E-state index contributed by atoms with van der Waals surface area (Å²) in [6.07, 6.45) is 1.31. The van der Waals surface area contributed by atoms with Crippen molar-refractivity contribution in [2.75, 3.05) is 0 Å². The molecule has 0 aliphatic carbocycles. The Morgan fingerprint density at radius 1 is 1.17 bits per heavy atom. The van der Waals surface area contributed by atoms with E-state index in [-0.39, 0.29) is 23.5 Å². The molecule has 2 aromatic rings. The van der Waals surface area contributed by atoms with Gasteiger partial charge in [0, 0.05) is 16.8 Å². The van der Waals surface area contributed by atoms with Crippen molar-refractivity contribution in [1.29, 1.82) is 0 Å². The molecule has 0 aromatic heterocycles. The number of carbonyl (C=O) groups excluding carboxylic acids is 1. The third kappa shape index (κ3) is 4.50. The highest BCUT2D eigenvalue weighted by molar-refractivity contribution is 7.87. The summed E-state index contributed by atoms with van der Waals surface area (Å²) in [6.45, 7) is 3.17. The van der Waals surface area contributed by atoms with Crippen molar-refractivity contribution >= 4 is 33.6 Å². The van der Waals surface area contributed by atoms with Crippen molar-refractivity contribution in [3.05, 3.63) is 81.5 Å². The van der Waals surface area contributed by atoms with E-state index >= 15 is 0 Å². The fourth-order valence-electron chi connectivity index (χ4n) is 3.03. The zero-order valence-electron chi connectivity index (χ0n) is 15.7. The van der Waals surface area contributed by atoms with E-state index in [1.807, 2.05) is 6.92 Å². The van der Waals surface area contributed by atoms with E-state index in [2.05, 4.69) is 4.72 Å². The Morgan fingerprint density at radius 3 is 2.38 bits per heavy atom. The van der Waals surface area contributed by atoms with E-state index in [0.29, 0.717) is 16.1 Å². The fraction of sp³-hybridized carbons (Fsp3) is 0.200. The molecule has 0 fully saturated rings. The average Bonchev–Trinajstić information content (AvgIpc) is 2.63. The lowest BCUT2D eigenvalue weighted by Gasteiger charge is -2.32. The van der Waals surface area contributed by atoms with E-state index in [1.165, 1.54) is 37.4 Å². The topological polar surface area (TPSA) is 104 Å². The van der Waals surface area contributed by atoms with Gasteiger partial charge in [-0.25, -0.2) is 4.79 Å². The number of carboxylic acids is 1. The van der Waals surface area contributed by atoms with E-state index < -0.39 is 22.2 Å². The monoisotopic (exact) mass is 434 g/mol. The third-order valence-electron chi connectivity index (χ3n) is 4.58. The van der Waals surface area contributed by atoms with Crippen LogP contribution in [-0.2, 0) is 21.5 Å². The zero-order chi connectivity index (χ0) is 21.3. The number of Topliss-reactive ketones (excluding diaryl/α,β-unsaturated/α-hetero) is 1. The first-order valence-corrected chi connectivity index (χ1v) is 10.5. The lowest BCUT2D eigenvalue weighted by atomic mass is 9.96. The molecule has 1 aliphatic heterocycles. The maximum atomic E-state index is 12.8. The summed E-state index contributed by atoms with van der Waals surface area (Å²) in [5.41, 5.74) is 2.34. The standard InChI is InChI=1S/C20H19ClN2O5S/c1-12-3-8-16(18(21)9-12)19-17(13(2)24)11-23(29(27,28)22-19)10-14-4-6-15(7-5-14)20(25)26/h3-9,11,19,22H,10H2,1-2H3,(H,25,26). The molecule has 0 radical (unpaired) electrons. The zero-order valence-corrected chi connectivity index (χ0v) is 17.3.